The summed E-state index contributed by atoms with van der Waals surface area (Å²) in [4.78, 5) is 48.4. The van der Waals surface area contributed by atoms with E-state index in [0.29, 0.717) is 0 Å². The lowest BCUT2D eigenvalue weighted by atomic mass is 10.0. The van der Waals surface area contributed by atoms with Gasteiger partial charge >= 0.3 is 5.97 Å². The number of hydrogen-bond acceptors (Lipinski definition) is 5. The van der Waals surface area contributed by atoms with Gasteiger partial charge in [0, 0.05) is 12.1 Å². The number of carboxylic acids is 1. The summed E-state index contributed by atoms with van der Waals surface area (Å²) < 4.78 is 0. The van der Waals surface area contributed by atoms with Crippen LogP contribution in [-0.4, -0.2) is 57.5 Å². The molecule has 0 aromatic heterocycles. The van der Waals surface area contributed by atoms with Crippen LogP contribution in [0.5, 0.6) is 0 Å². The largest absolute Gasteiger partial charge is 0.480 e. The summed E-state index contributed by atoms with van der Waals surface area (Å²) in [5.74, 6) is -3.18. The third-order valence-corrected chi connectivity index (χ3v) is 3.58. The molecule has 1 aliphatic rings. The molecule has 1 aromatic carbocycles. The van der Waals surface area contributed by atoms with Crippen LogP contribution in [0.15, 0.2) is 30.9 Å². The first-order chi connectivity index (χ1) is 11.3. The fourth-order valence-corrected chi connectivity index (χ4v) is 2.34. The third kappa shape index (κ3) is 3.04. The second kappa shape index (κ2) is 6.63. The van der Waals surface area contributed by atoms with Gasteiger partial charge in [0.15, 0.2) is 6.04 Å². The van der Waals surface area contributed by atoms with Crippen LogP contribution in [0.1, 0.15) is 38.0 Å². The van der Waals surface area contributed by atoms with Crippen LogP contribution in [0.3, 0.4) is 0 Å². The SMILES string of the molecule is C=CCN1C(=O)c2ccc(C(=O)N[C@@H](C(=O)O)[C@@H](C)O)cc2C1=O. The van der Waals surface area contributed by atoms with E-state index in [1.54, 1.807) is 0 Å². The molecule has 0 unspecified atom stereocenters. The highest BCUT2D eigenvalue weighted by Gasteiger charge is 2.35. The maximum Gasteiger partial charge on any atom is 0.328 e. The van der Waals surface area contributed by atoms with Gasteiger partial charge in [-0.3, -0.25) is 19.3 Å². The summed E-state index contributed by atoms with van der Waals surface area (Å²) in [6.07, 6.45) is 0.113. The molecule has 1 aromatic rings. The zero-order valence-electron chi connectivity index (χ0n) is 12.9. The normalized spacial score (nSPS) is 15.7. The van der Waals surface area contributed by atoms with Gasteiger partial charge in [0.1, 0.15) is 0 Å². The van der Waals surface area contributed by atoms with Gasteiger partial charge in [0.25, 0.3) is 17.7 Å². The van der Waals surface area contributed by atoms with Crippen molar-refractivity contribution in [2.24, 2.45) is 0 Å². The van der Waals surface area contributed by atoms with Gasteiger partial charge in [0.2, 0.25) is 0 Å². The minimum Gasteiger partial charge on any atom is -0.480 e. The van der Waals surface area contributed by atoms with Gasteiger partial charge in [-0.05, 0) is 25.1 Å². The highest BCUT2D eigenvalue weighted by atomic mass is 16.4. The number of imide groups is 1. The molecular formula is C16H16N2O6. The molecule has 24 heavy (non-hydrogen) atoms. The van der Waals surface area contributed by atoms with Crippen LogP contribution < -0.4 is 5.32 Å². The van der Waals surface area contributed by atoms with Crippen molar-refractivity contribution in [3.8, 4) is 0 Å². The van der Waals surface area contributed by atoms with Crippen molar-refractivity contribution in [2.45, 2.75) is 19.1 Å². The Hall–Kier alpha value is -3.00. The van der Waals surface area contributed by atoms with Crippen molar-refractivity contribution in [3.63, 3.8) is 0 Å². The monoisotopic (exact) mass is 332 g/mol. The van der Waals surface area contributed by atoms with E-state index in [9.17, 15) is 24.3 Å². The molecule has 0 saturated heterocycles. The van der Waals surface area contributed by atoms with Crippen molar-refractivity contribution in [1.29, 1.82) is 0 Å². The van der Waals surface area contributed by atoms with Gasteiger partial charge in [-0.2, -0.15) is 0 Å². The Balaban J connectivity index is 2.28. The van der Waals surface area contributed by atoms with Gasteiger partial charge in [-0.1, -0.05) is 6.08 Å². The van der Waals surface area contributed by atoms with Crippen LogP contribution in [-0.2, 0) is 4.79 Å². The molecule has 0 aliphatic carbocycles. The number of nitrogens with one attached hydrogen (secondary N) is 1. The zero-order valence-corrected chi connectivity index (χ0v) is 12.9. The number of fused-ring (bicyclic) bond motifs is 1. The smallest absolute Gasteiger partial charge is 0.328 e. The second-order valence-corrected chi connectivity index (χ2v) is 5.30. The quantitative estimate of drug-likeness (QED) is 0.499. The van der Waals surface area contributed by atoms with E-state index in [2.05, 4.69) is 11.9 Å². The summed E-state index contributed by atoms with van der Waals surface area (Å²) in [6, 6.07) is 2.40. The van der Waals surface area contributed by atoms with Gasteiger partial charge < -0.3 is 15.5 Å². The molecule has 0 fully saturated rings. The fourth-order valence-electron chi connectivity index (χ4n) is 2.34. The van der Waals surface area contributed by atoms with E-state index in [1.807, 2.05) is 0 Å². The Morgan fingerprint density at radius 1 is 1.29 bits per heavy atom. The number of aliphatic hydroxyl groups is 1. The number of carboxylic acid groups (broad SMARTS) is 1. The van der Waals surface area contributed by atoms with Crippen molar-refractivity contribution < 1.29 is 29.4 Å². The number of carbonyl (C=O) groups excluding carboxylic acids is 3. The molecule has 3 N–H and O–H groups in total. The fraction of sp³-hybridized carbons (Fsp3) is 0.250. The lowest BCUT2D eigenvalue weighted by Gasteiger charge is -2.17. The van der Waals surface area contributed by atoms with Crippen molar-refractivity contribution in [2.75, 3.05) is 6.54 Å². The minimum atomic E-state index is -1.49. The number of benzene rings is 1. The molecule has 0 radical (unpaired) electrons. The Morgan fingerprint density at radius 2 is 1.92 bits per heavy atom. The lowest BCUT2D eigenvalue weighted by molar-refractivity contribution is -0.141. The molecule has 126 valence electrons. The number of rotatable bonds is 6. The van der Waals surface area contributed by atoms with Crippen LogP contribution in [0, 0.1) is 0 Å². The molecule has 2 rings (SSSR count). The first-order valence-corrected chi connectivity index (χ1v) is 7.10. The molecule has 1 heterocycles. The van der Waals surface area contributed by atoms with E-state index < -0.39 is 35.8 Å². The number of aliphatic hydroxyl groups excluding tert-OH is 1. The summed E-state index contributed by atoms with van der Waals surface area (Å²) >= 11 is 0. The van der Waals surface area contributed by atoms with Crippen LogP contribution >= 0.6 is 0 Å². The van der Waals surface area contributed by atoms with E-state index in [-0.39, 0.29) is 23.2 Å². The molecule has 0 bridgehead atoms. The standard InChI is InChI=1S/C16H16N2O6/c1-3-6-18-14(21)10-5-4-9(7-11(10)15(18)22)13(20)17-12(8(2)19)16(23)24/h3-5,7-8,12,19H,1,6H2,2H3,(H,17,20)(H,23,24)/t8-,12-/m1/s1. The average Bonchev–Trinajstić information content (AvgIpc) is 2.76. The van der Waals surface area contributed by atoms with Crippen molar-refractivity contribution in [1.82, 2.24) is 10.2 Å². The minimum absolute atomic E-state index is 0.0160. The number of hydrogen-bond donors (Lipinski definition) is 3. The third-order valence-electron chi connectivity index (χ3n) is 3.58. The Bertz CT molecular complexity index is 740. The predicted octanol–water partition coefficient (Wildman–Crippen LogP) is 0.0324. The Labute approximate surface area is 137 Å². The zero-order chi connectivity index (χ0) is 18.0. The lowest BCUT2D eigenvalue weighted by Crippen LogP contribution is -2.47. The Kier molecular flexibility index (Phi) is 4.79. The highest BCUT2D eigenvalue weighted by molar-refractivity contribution is 6.22. The summed E-state index contributed by atoms with van der Waals surface area (Å²) in [5, 5.41) is 20.5. The molecule has 2 atom stereocenters. The molecule has 1 aliphatic heterocycles. The van der Waals surface area contributed by atoms with Crippen LogP contribution in [0.25, 0.3) is 0 Å². The first kappa shape index (κ1) is 17.4. The maximum atomic E-state index is 12.2. The van der Waals surface area contributed by atoms with Crippen LogP contribution in [0.2, 0.25) is 0 Å². The molecule has 0 saturated carbocycles. The Morgan fingerprint density at radius 3 is 2.46 bits per heavy atom. The van der Waals surface area contributed by atoms with E-state index in [4.69, 9.17) is 5.11 Å². The molecule has 8 heteroatoms. The molecule has 8 nitrogen and oxygen atoms in total. The van der Waals surface area contributed by atoms with Crippen LogP contribution in [0.4, 0.5) is 0 Å². The van der Waals surface area contributed by atoms with Gasteiger partial charge in [-0.15, -0.1) is 6.58 Å². The average molecular weight is 332 g/mol. The molecule has 3 amide bonds. The van der Waals surface area contributed by atoms with Gasteiger partial charge in [0.05, 0.1) is 17.2 Å². The second-order valence-electron chi connectivity index (χ2n) is 5.30. The van der Waals surface area contributed by atoms with E-state index in [1.165, 1.54) is 31.2 Å². The first-order valence-electron chi connectivity index (χ1n) is 7.10. The highest BCUT2D eigenvalue weighted by Crippen LogP contribution is 2.24. The number of nitrogens with zero attached hydrogens (tertiary/aromatic N) is 1. The number of amides is 3. The molecular weight excluding hydrogens is 316 g/mol. The summed E-state index contributed by atoms with van der Waals surface area (Å²) in [5.41, 5.74) is 0.254. The summed E-state index contributed by atoms with van der Waals surface area (Å²) in [7, 11) is 0. The van der Waals surface area contributed by atoms with Crippen molar-refractivity contribution in [3.05, 3.63) is 47.5 Å². The predicted molar refractivity (Wildman–Crippen MR) is 82.6 cm³/mol. The van der Waals surface area contributed by atoms with Gasteiger partial charge in [-0.25, -0.2) is 4.79 Å². The number of carbonyl (C=O) groups is 4. The van der Waals surface area contributed by atoms with Crippen molar-refractivity contribution >= 4 is 23.7 Å². The topological polar surface area (TPSA) is 124 Å². The molecule has 0 spiro atoms. The van der Waals surface area contributed by atoms with E-state index in [0.717, 1.165) is 4.90 Å². The van der Waals surface area contributed by atoms with E-state index >= 15 is 0 Å². The number of aliphatic carboxylic acids is 1. The summed E-state index contributed by atoms with van der Waals surface area (Å²) in [6.45, 7) is 4.76. The maximum absolute atomic E-state index is 12.2.